The highest BCUT2D eigenvalue weighted by Crippen LogP contribution is 2.22. The van der Waals surface area contributed by atoms with Crippen molar-refractivity contribution in [2.24, 2.45) is 5.92 Å². The zero-order valence-electron chi connectivity index (χ0n) is 11.9. The fourth-order valence-corrected chi connectivity index (χ4v) is 1.77. The first-order valence-corrected chi connectivity index (χ1v) is 7.06. The lowest BCUT2D eigenvalue weighted by Crippen LogP contribution is -2.27. The van der Waals surface area contributed by atoms with Crippen molar-refractivity contribution in [1.29, 1.82) is 0 Å². The van der Waals surface area contributed by atoms with E-state index in [1.807, 2.05) is 32.0 Å². The van der Waals surface area contributed by atoms with Crippen molar-refractivity contribution in [1.82, 2.24) is 15.3 Å². The van der Waals surface area contributed by atoms with Crippen molar-refractivity contribution in [3.05, 3.63) is 47.2 Å². The molecular weight excluding hydrogens is 288 g/mol. The molecule has 0 fully saturated rings. The number of amides is 1. The molecule has 5 nitrogen and oxygen atoms in total. The van der Waals surface area contributed by atoms with Gasteiger partial charge in [0.05, 0.1) is 16.3 Å². The number of halogens is 1. The van der Waals surface area contributed by atoms with Crippen molar-refractivity contribution < 1.29 is 4.79 Å². The third kappa shape index (κ3) is 4.43. The van der Waals surface area contributed by atoms with Crippen molar-refractivity contribution >= 4 is 29.1 Å². The number of para-hydroxylation sites is 1. The maximum atomic E-state index is 11.8. The van der Waals surface area contributed by atoms with Crippen molar-refractivity contribution in [3.8, 4) is 0 Å². The van der Waals surface area contributed by atoms with Crippen LogP contribution in [0.25, 0.3) is 0 Å². The van der Waals surface area contributed by atoms with E-state index in [-0.39, 0.29) is 5.91 Å². The predicted octanol–water partition coefficient (Wildman–Crippen LogP) is 3.26. The summed E-state index contributed by atoms with van der Waals surface area (Å²) >= 11 is 6.04. The second-order valence-electron chi connectivity index (χ2n) is 5.00. The second-order valence-corrected chi connectivity index (χ2v) is 5.41. The molecule has 0 aliphatic heterocycles. The summed E-state index contributed by atoms with van der Waals surface area (Å²) < 4.78 is 0. The third-order valence-electron chi connectivity index (χ3n) is 2.71. The molecule has 1 heterocycles. The molecule has 2 rings (SSSR count). The number of anilines is 2. The monoisotopic (exact) mass is 304 g/mol. The van der Waals surface area contributed by atoms with E-state index in [0.29, 0.717) is 29.0 Å². The highest BCUT2D eigenvalue weighted by atomic mass is 35.5. The molecule has 0 aliphatic rings. The van der Waals surface area contributed by atoms with E-state index in [2.05, 4.69) is 20.6 Å². The first-order chi connectivity index (χ1) is 10.1. The molecule has 1 aromatic carbocycles. The minimum Gasteiger partial charge on any atom is -0.352 e. The fraction of sp³-hybridized carbons (Fsp3) is 0.267. The quantitative estimate of drug-likeness (QED) is 0.890. The Morgan fingerprint density at radius 3 is 2.52 bits per heavy atom. The highest BCUT2D eigenvalue weighted by Gasteiger charge is 2.08. The van der Waals surface area contributed by atoms with E-state index < -0.39 is 0 Å². The Bertz CT molecular complexity index is 613. The van der Waals surface area contributed by atoms with Crippen LogP contribution in [0.4, 0.5) is 11.6 Å². The molecule has 0 spiro atoms. The molecule has 0 radical (unpaired) electrons. The summed E-state index contributed by atoms with van der Waals surface area (Å²) in [4.78, 5) is 20.1. The second kappa shape index (κ2) is 7.04. The summed E-state index contributed by atoms with van der Waals surface area (Å²) in [5.74, 6) is 0.618. The van der Waals surface area contributed by atoms with Gasteiger partial charge in [0.2, 0.25) is 5.95 Å². The average Bonchev–Trinajstić information content (AvgIpc) is 2.48. The summed E-state index contributed by atoms with van der Waals surface area (Å²) in [5, 5.41) is 6.40. The lowest BCUT2D eigenvalue weighted by molar-refractivity contribution is 0.0948. The van der Waals surface area contributed by atoms with Crippen LogP contribution in [0.15, 0.2) is 36.7 Å². The Labute approximate surface area is 128 Å². The van der Waals surface area contributed by atoms with Gasteiger partial charge in [-0.1, -0.05) is 37.6 Å². The van der Waals surface area contributed by atoms with Crippen LogP contribution in [0.2, 0.25) is 5.02 Å². The number of carbonyl (C=O) groups is 1. The Hall–Kier alpha value is -2.14. The van der Waals surface area contributed by atoms with E-state index in [1.54, 1.807) is 6.07 Å². The molecule has 6 heteroatoms. The molecule has 110 valence electrons. The van der Waals surface area contributed by atoms with Gasteiger partial charge in [-0.3, -0.25) is 4.79 Å². The lowest BCUT2D eigenvalue weighted by atomic mass is 10.2. The highest BCUT2D eigenvalue weighted by molar-refractivity contribution is 6.33. The van der Waals surface area contributed by atoms with Crippen LogP contribution in [0, 0.1) is 5.92 Å². The summed E-state index contributed by atoms with van der Waals surface area (Å²) in [6.45, 7) is 4.69. The molecule has 0 saturated carbocycles. The summed E-state index contributed by atoms with van der Waals surface area (Å²) in [6.07, 6.45) is 2.98. The maximum Gasteiger partial charge on any atom is 0.254 e. The first-order valence-electron chi connectivity index (χ1n) is 6.68. The third-order valence-corrected chi connectivity index (χ3v) is 3.03. The number of nitrogens with one attached hydrogen (secondary N) is 2. The van der Waals surface area contributed by atoms with Gasteiger partial charge in [0, 0.05) is 18.9 Å². The SMILES string of the molecule is CC(C)CNC(=O)c1cnc(Nc2ccccc2Cl)nc1. The maximum absolute atomic E-state index is 11.8. The molecule has 21 heavy (non-hydrogen) atoms. The van der Waals surface area contributed by atoms with E-state index >= 15 is 0 Å². The number of hydrogen-bond donors (Lipinski definition) is 2. The number of nitrogens with zero attached hydrogens (tertiary/aromatic N) is 2. The van der Waals surface area contributed by atoms with E-state index in [1.165, 1.54) is 12.4 Å². The molecule has 0 bridgehead atoms. The standard InChI is InChI=1S/C15H17ClN4O/c1-10(2)7-17-14(21)11-8-18-15(19-9-11)20-13-6-4-3-5-12(13)16/h3-6,8-10H,7H2,1-2H3,(H,17,21)(H,18,19,20). The Balaban J connectivity index is 2.02. The van der Waals surface area contributed by atoms with Gasteiger partial charge in [0.1, 0.15) is 0 Å². The molecule has 2 aromatic rings. The molecule has 2 N–H and O–H groups in total. The van der Waals surface area contributed by atoms with Gasteiger partial charge in [0.25, 0.3) is 5.91 Å². The van der Waals surface area contributed by atoms with Crippen LogP contribution in [0.3, 0.4) is 0 Å². The smallest absolute Gasteiger partial charge is 0.254 e. The predicted molar refractivity (Wildman–Crippen MR) is 83.9 cm³/mol. The molecular formula is C15H17ClN4O. The molecule has 0 atom stereocenters. The van der Waals surface area contributed by atoms with Crippen LogP contribution in [-0.2, 0) is 0 Å². The molecule has 0 saturated heterocycles. The van der Waals surface area contributed by atoms with E-state index in [0.717, 1.165) is 5.69 Å². The number of benzene rings is 1. The Kier molecular flexibility index (Phi) is 5.11. The molecule has 0 unspecified atom stereocenters. The van der Waals surface area contributed by atoms with Gasteiger partial charge < -0.3 is 10.6 Å². The van der Waals surface area contributed by atoms with Crippen LogP contribution >= 0.6 is 11.6 Å². The Morgan fingerprint density at radius 2 is 1.90 bits per heavy atom. The van der Waals surface area contributed by atoms with Gasteiger partial charge in [-0.15, -0.1) is 0 Å². The number of carbonyl (C=O) groups excluding carboxylic acids is 1. The van der Waals surface area contributed by atoms with Gasteiger partial charge in [-0.2, -0.15) is 0 Å². The van der Waals surface area contributed by atoms with E-state index in [4.69, 9.17) is 11.6 Å². The molecule has 1 amide bonds. The summed E-state index contributed by atoms with van der Waals surface area (Å²) in [5.41, 5.74) is 1.15. The summed E-state index contributed by atoms with van der Waals surface area (Å²) in [7, 11) is 0. The van der Waals surface area contributed by atoms with Gasteiger partial charge >= 0.3 is 0 Å². The molecule has 0 aliphatic carbocycles. The van der Waals surface area contributed by atoms with Crippen molar-refractivity contribution in [2.45, 2.75) is 13.8 Å². The molecule has 1 aromatic heterocycles. The van der Waals surface area contributed by atoms with Gasteiger partial charge in [-0.05, 0) is 18.1 Å². The minimum atomic E-state index is -0.173. The zero-order valence-corrected chi connectivity index (χ0v) is 12.7. The van der Waals surface area contributed by atoms with Crippen LogP contribution < -0.4 is 10.6 Å². The first kappa shape index (κ1) is 15.3. The topological polar surface area (TPSA) is 66.9 Å². The van der Waals surface area contributed by atoms with Crippen LogP contribution in [-0.4, -0.2) is 22.4 Å². The summed E-state index contributed by atoms with van der Waals surface area (Å²) in [6, 6.07) is 7.31. The van der Waals surface area contributed by atoms with Crippen LogP contribution in [0.5, 0.6) is 0 Å². The fourth-order valence-electron chi connectivity index (χ4n) is 1.59. The Morgan fingerprint density at radius 1 is 1.24 bits per heavy atom. The van der Waals surface area contributed by atoms with Crippen molar-refractivity contribution in [3.63, 3.8) is 0 Å². The largest absolute Gasteiger partial charge is 0.352 e. The number of hydrogen-bond acceptors (Lipinski definition) is 4. The van der Waals surface area contributed by atoms with Gasteiger partial charge in [0.15, 0.2) is 0 Å². The van der Waals surface area contributed by atoms with Gasteiger partial charge in [-0.25, -0.2) is 9.97 Å². The zero-order chi connectivity index (χ0) is 15.2. The lowest BCUT2D eigenvalue weighted by Gasteiger charge is -2.08. The number of rotatable bonds is 5. The van der Waals surface area contributed by atoms with Crippen molar-refractivity contribution in [2.75, 3.05) is 11.9 Å². The normalized spacial score (nSPS) is 10.5. The van der Waals surface area contributed by atoms with E-state index in [9.17, 15) is 4.79 Å². The van der Waals surface area contributed by atoms with Crippen LogP contribution in [0.1, 0.15) is 24.2 Å². The minimum absolute atomic E-state index is 0.173. The number of aromatic nitrogens is 2. The average molecular weight is 305 g/mol.